The Bertz CT molecular complexity index is 1290. The van der Waals surface area contributed by atoms with Crippen molar-refractivity contribution in [2.24, 2.45) is 0 Å². The molecule has 4 rings (SSSR count). The Kier molecular flexibility index (Phi) is 6.71. The summed E-state index contributed by atoms with van der Waals surface area (Å²) < 4.78 is 69.4. The van der Waals surface area contributed by atoms with Gasteiger partial charge in [-0.1, -0.05) is 12.1 Å². The first-order chi connectivity index (χ1) is 16.1. The number of hydrogen-bond acceptors (Lipinski definition) is 8. The topological polar surface area (TPSA) is 132 Å². The molecule has 1 saturated heterocycles. The van der Waals surface area contributed by atoms with Crippen molar-refractivity contribution in [1.29, 1.82) is 0 Å². The van der Waals surface area contributed by atoms with Crippen molar-refractivity contribution < 1.29 is 35.8 Å². The molecule has 0 aromatic heterocycles. The molecule has 0 saturated carbocycles. The molecule has 1 amide bonds. The van der Waals surface area contributed by atoms with Gasteiger partial charge in [0, 0.05) is 13.1 Å². The lowest BCUT2D eigenvalue weighted by Gasteiger charge is -2.34. The lowest BCUT2D eigenvalue weighted by molar-refractivity contribution is -0.122. The maximum Gasteiger partial charge on any atom is 0.267 e. The summed E-state index contributed by atoms with van der Waals surface area (Å²) in [5, 5.41) is 2.63. The summed E-state index contributed by atoms with van der Waals surface area (Å²) in [6, 6.07) is 10.7. The number of nitrogens with zero attached hydrogens (tertiary/aromatic N) is 2. The average molecular weight is 512 g/mol. The van der Waals surface area contributed by atoms with Gasteiger partial charge >= 0.3 is 0 Å². The van der Waals surface area contributed by atoms with Gasteiger partial charge in [0.15, 0.2) is 6.10 Å². The van der Waals surface area contributed by atoms with Gasteiger partial charge in [0.05, 0.1) is 49.4 Å². The molecule has 2 aliphatic rings. The molecule has 0 unspecified atom stereocenters. The van der Waals surface area contributed by atoms with Gasteiger partial charge in [0.2, 0.25) is 20.0 Å². The van der Waals surface area contributed by atoms with E-state index in [9.17, 15) is 21.6 Å². The molecule has 0 spiro atoms. The van der Waals surface area contributed by atoms with Crippen molar-refractivity contribution in [3.05, 3.63) is 42.5 Å². The van der Waals surface area contributed by atoms with Crippen molar-refractivity contribution in [3.63, 3.8) is 0 Å². The van der Waals surface area contributed by atoms with Crippen LogP contribution >= 0.6 is 0 Å². The zero-order valence-electron chi connectivity index (χ0n) is 18.6. The number of carbonyl (C=O) groups is 1. The van der Waals surface area contributed by atoms with Crippen molar-refractivity contribution in [1.82, 2.24) is 4.31 Å². The summed E-state index contributed by atoms with van der Waals surface area (Å²) in [6.07, 6.45) is -0.124. The average Bonchev–Trinajstić information content (AvgIpc) is 2.83. The number of morpholine rings is 1. The quantitative estimate of drug-likeness (QED) is 0.605. The number of nitrogens with one attached hydrogen (secondary N) is 1. The van der Waals surface area contributed by atoms with E-state index in [0.717, 1.165) is 10.6 Å². The molecular weight excluding hydrogens is 486 g/mol. The second-order valence-corrected chi connectivity index (χ2v) is 11.6. The predicted octanol–water partition coefficient (Wildman–Crippen LogP) is 0.882. The fourth-order valence-corrected chi connectivity index (χ4v) is 6.10. The summed E-state index contributed by atoms with van der Waals surface area (Å²) in [5.74, 6) is -0.164. The van der Waals surface area contributed by atoms with Gasteiger partial charge in [-0.3, -0.25) is 9.10 Å². The van der Waals surface area contributed by atoms with Crippen molar-refractivity contribution >= 4 is 37.3 Å². The number of fused-ring (bicyclic) bond motifs is 1. The molecule has 0 bridgehead atoms. The van der Waals surface area contributed by atoms with E-state index in [1.807, 2.05) is 0 Å². The monoisotopic (exact) mass is 511 g/mol. The van der Waals surface area contributed by atoms with Crippen LogP contribution in [0.3, 0.4) is 0 Å². The van der Waals surface area contributed by atoms with Crippen LogP contribution in [0.5, 0.6) is 11.5 Å². The predicted molar refractivity (Wildman–Crippen MR) is 124 cm³/mol. The van der Waals surface area contributed by atoms with Crippen LogP contribution in [-0.2, 0) is 29.6 Å². The molecule has 2 aliphatic heterocycles. The lowest BCUT2D eigenvalue weighted by Crippen LogP contribution is -2.48. The summed E-state index contributed by atoms with van der Waals surface area (Å²) in [5.41, 5.74) is 0.459. The smallest absolute Gasteiger partial charge is 0.267 e. The Hall–Kier alpha value is -2.87. The number of rotatable bonds is 6. The van der Waals surface area contributed by atoms with Gasteiger partial charge < -0.3 is 19.5 Å². The van der Waals surface area contributed by atoms with Crippen LogP contribution in [0, 0.1) is 0 Å². The first-order valence-electron chi connectivity index (χ1n) is 10.4. The van der Waals surface area contributed by atoms with Gasteiger partial charge in [-0.25, -0.2) is 16.8 Å². The van der Waals surface area contributed by atoms with E-state index in [-0.39, 0.29) is 41.7 Å². The Labute approximate surface area is 198 Å². The molecule has 1 N–H and O–H groups in total. The summed E-state index contributed by atoms with van der Waals surface area (Å²) in [6.45, 7) is 0.821. The van der Waals surface area contributed by atoms with Gasteiger partial charge in [-0.2, -0.15) is 4.31 Å². The molecular formula is C21H25N3O8S2. The van der Waals surface area contributed by atoms with E-state index < -0.39 is 32.1 Å². The Balaban J connectivity index is 1.61. The van der Waals surface area contributed by atoms with E-state index in [1.165, 1.54) is 29.6 Å². The summed E-state index contributed by atoms with van der Waals surface area (Å²) in [4.78, 5) is 13.1. The molecule has 11 nitrogen and oxygen atoms in total. The SMILES string of the molecule is COc1ccc(S(=O)(=O)N2CCOCC2)cc1NC(=O)[C@H]1CN(S(C)(=O)=O)c2ccccc2O1. The molecule has 1 fully saturated rings. The molecule has 184 valence electrons. The van der Waals surface area contributed by atoms with Gasteiger partial charge in [-0.15, -0.1) is 0 Å². The van der Waals surface area contributed by atoms with Crippen LogP contribution in [-0.4, -0.2) is 79.4 Å². The highest BCUT2D eigenvalue weighted by atomic mass is 32.2. The summed E-state index contributed by atoms with van der Waals surface area (Å²) in [7, 11) is -6.10. The van der Waals surface area contributed by atoms with Crippen LogP contribution in [0.2, 0.25) is 0 Å². The van der Waals surface area contributed by atoms with Crippen molar-refractivity contribution in [2.75, 3.05) is 55.8 Å². The Morgan fingerprint density at radius 2 is 1.79 bits per heavy atom. The highest BCUT2D eigenvalue weighted by Crippen LogP contribution is 2.35. The van der Waals surface area contributed by atoms with E-state index >= 15 is 0 Å². The molecule has 34 heavy (non-hydrogen) atoms. The Morgan fingerprint density at radius 1 is 1.09 bits per heavy atom. The number of ether oxygens (including phenoxy) is 3. The zero-order valence-corrected chi connectivity index (χ0v) is 20.3. The van der Waals surface area contributed by atoms with Crippen LogP contribution < -0.4 is 19.1 Å². The number of sulfonamides is 2. The normalized spacial score (nSPS) is 19.1. The number of anilines is 2. The van der Waals surface area contributed by atoms with E-state index in [1.54, 1.807) is 24.3 Å². The van der Waals surface area contributed by atoms with Gasteiger partial charge in [0.1, 0.15) is 11.5 Å². The van der Waals surface area contributed by atoms with Crippen molar-refractivity contribution in [2.45, 2.75) is 11.0 Å². The molecule has 0 aliphatic carbocycles. The molecule has 0 radical (unpaired) electrons. The molecule has 1 atom stereocenters. The number of para-hydroxylation sites is 2. The number of carbonyl (C=O) groups excluding carboxylic acids is 1. The van der Waals surface area contributed by atoms with Crippen LogP contribution in [0.15, 0.2) is 47.4 Å². The first kappa shape index (κ1) is 24.3. The third kappa shape index (κ3) is 4.82. The van der Waals surface area contributed by atoms with E-state index in [2.05, 4.69) is 5.32 Å². The number of amides is 1. The minimum atomic E-state index is -3.81. The molecule has 2 aromatic rings. The lowest BCUT2D eigenvalue weighted by atomic mass is 10.2. The molecule has 13 heteroatoms. The highest BCUT2D eigenvalue weighted by Gasteiger charge is 2.35. The van der Waals surface area contributed by atoms with Crippen LogP contribution in [0.4, 0.5) is 11.4 Å². The molecule has 2 aromatic carbocycles. The maximum absolute atomic E-state index is 13.1. The zero-order chi connectivity index (χ0) is 24.5. The highest BCUT2D eigenvalue weighted by molar-refractivity contribution is 7.92. The number of methoxy groups -OCH3 is 1. The fraction of sp³-hybridized carbons (Fsp3) is 0.381. The van der Waals surface area contributed by atoms with Gasteiger partial charge in [-0.05, 0) is 30.3 Å². The van der Waals surface area contributed by atoms with Crippen LogP contribution in [0.1, 0.15) is 0 Å². The van der Waals surface area contributed by atoms with Crippen LogP contribution in [0.25, 0.3) is 0 Å². The fourth-order valence-electron chi connectivity index (χ4n) is 3.75. The third-order valence-electron chi connectivity index (χ3n) is 5.46. The molecule has 2 heterocycles. The van der Waals surface area contributed by atoms with E-state index in [4.69, 9.17) is 14.2 Å². The minimum absolute atomic E-state index is 0.0156. The van der Waals surface area contributed by atoms with Crippen molar-refractivity contribution in [3.8, 4) is 11.5 Å². The third-order valence-corrected chi connectivity index (χ3v) is 8.51. The minimum Gasteiger partial charge on any atom is -0.495 e. The number of hydrogen-bond donors (Lipinski definition) is 1. The Morgan fingerprint density at radius 3 is 2.47 bits per heavy atom. The standard InChI is InChI=1S/C21H25N3O8S2/c1-30-18-8-7-15(34(28,29)23-9-11-31-12-10-23)13-16(18)22-21(25)20-14-24(33(2,26)27)17-5-3-4-6-19(17)32-20/h3-8,13,20H,9-12,14H2,1-2H3,(H,22,25)/t20-/m1/s1. The maximum atomic E-state index is 13.1. The summed E-state index contributed by atoms with van der Waals surface area (Å²) >= 11 is 0. The van der Waals surface area contributed by atoms with Gasteiger partial charge in [0.25, 0.3) is 5.91 Å². The number of benzene rings is 2. The largest absolute Gasteiger partial charge is 0.495 e. The second-order valence-electron chi connectivity index (χ2n) is 7.74. The van der Waals surface area contributed by atoms with E-state index in [0.29, 0.717) is 18.9 Å². The first-order valence-corrected chi connectivity index (χ1v) is 13.7. The second kappa shape index (κ2) is 9.41.